The molecule has 0 aliphatic rings. The van der Waals surface area contributed by atoms with Gasteiger partial charge in [-0.15, -0.1) is 6.58 Å². The summed E-state index contributed by atoms with van der Waals surface area (Å²) >= 11 is 0. The van der Waals surface area contributed by atoms with E-state index in [1.807, 2.05) is 19.9 Å². The normalized spacial score (nSPS) is 15.1. The second-order valence-corrected chi connectivity index (χ2v) is 4.03. The van der Waals surface area contributed by atoms with Crippen molar-refractivity contribution < 1.29 is 4.39 Å². The predicted octanol–water partition coefficient (Wildman–Crippen LogP) is 3.44. The highest BCUT2D eigenvalue weighted by Crippen LogP contribution is 2.33. The van der Waals surface area contributed by atoms with Crippen molar-refractivity contribution in [1.82, 2.24) is 0 Å². The van der Waals surface area contributed by atoms with Gasteiger partial charge in [0.2, 0.25) is 0 Å². The second kappa shape index (κ2) is 3.89. The molecule has 0 aromatic carbocycles. The number of alkyl halides is 1. The number of rotatable bonds is 4. The van der Waals surface area contributed by atoms with E-state index < -0.39 is 0 Å². The lowest BCUT2D eigenvalue weighted by Gasteiger charge is -2.32. The lowest BCUT2D eigenvalue weighted by Crippen LogP contribution is -2.27. The highest BCUT2D eigenvalue weighted by atomic mass is 19.1. The van der Waals surface area contributed by atoms with Gasteiger partial charge in [0.25, 0.3) is 0 Å². The van der Waals surface area contributed by atoms with Gasteiger partial charge in [-0.1, -0.05) is 33.8 Å². The monoisotopic (exact) mass is 158 g/mol. The molecule has 0 bridgehead atoms. The van der Waals surface area contributed by atoms with Crippen LogP contribution in [0.2, 0.25) is 0 Å². The van der Waals surface area contributed by atoms with Crippen LogP contribution in [0.4, 0.5) is 4.39 Å². The van der Waals surface area contributed by atoms with E-state index in [2.05, 4.69) is 20.4 Å². The topological polar surface area (TPSA) is 0 Å². The molecule has 0 aromatic rings. The summed E-state index contributed by atoms with van der Waals surface area (Å²) in [6.45, 7) is 11.6. The fourth-order valence-electron chi connectivity index (χ4n) is 1.39. The lowest BCUT2D eigenvalue weighted by atomic mass is 9.74. The van der Waals surface area contributed by atoms with E-state index in [0.717, 1.165) is 0 Å². The Morgan fingerprint density at radius 2 is 1.91 bits per heavy atom. The molecular formula is C10H19F. The lowest BCUT2D eigenvalue weighted by molar-refractivity contribution is 0.165. The fraction of sp³-hybridized carbons (Fsp3) is 0.800. The average Bonchev–Trinajstić information content (AvgIpc) is 1.88. The molecule has 0 spiro atoms. The van der Waals surface area contributed by atoms with Gasteiger partial charge in [-0.3, -0.25) is 4.39 Å². The molecule has 0 amide bonds. The first kappa shape index (κ1) is 10.7. The third kappa shape index (κ3) is 2.64. The number of halogens is 1. The zero-order valence-corrected chi connectivity index (χ0v) is 8.02. The maximum Gasteiger partial charge on any atom is 0.0933 e. The van der Waals surface area contributed by atoms with Crippen LogP contribution in [0, 0.1) is 17.3 Å². The SMILES string of the molecule is C=CC(C)(C)C(CF)C(C)C. The van der Waals surface area contributed by atoms with Crippen molar-refractivity contribution >= 4 is 0 Å². The molecular weight excluding hydrogens is 139 g/mol. The molecule has 0 rings (SSSR count). The molecule has 66 valence electrons. The van der Waals surface area contributed by atoms with Crippen LogP contribution in [0.1, 0.15) is 27.7 Å². The highest BCUT2D eigenvalue weighted by Gasteiger charge is 2.28. The van der Waals surface area contributed by atoms with Crippen LogP contribution in [0.3, 0.4) is 0 Å². The van der Waals surface area contributed by atoms with Gasteiger partial charge in [-0.25, -0.2) is 0 Å². The van der Waals surface area contributed by atoms with Gasteiger partial charge >= 0.3 is 0 Å². The van der Waals surface area contributed by atoms with Gasteiger partial charge in [0.15, 0.2) is 0 Å². The standard InChI is InChI=1S/C10H19F/c1-6-10(4,5)9(7-11)8(2)3/h6,8-9H,1,7H2,2-5H3. The van der Waals surface area contributed by atoms with Gasteiger partial charge in [-0.2, -0.15) is 0 Å². The first-order chi connectivity index (χ1) is 4.95. The molecule has 0 fully saturated rings. The maximum atomic E-state index is 12.5. The van der Waals surface area contributed by atoms with Crippen molar-refractivity contribution in [2.75, 3.05) is 6.67 Å². The molecule has 1 heteroatoms. The van der Waals surface area contributed by atoms with Crippen LogP contribution in [0.15, 0.2) is 12.7 Å². The Morgan fingerprint density at radius 3 is 2.00 bits per heavy atom. The molecule has 0 heterocycles. The fourth-order valence-corrected chi connectivity index (χ4v) is 1.39. The summed E-state index contributed by atoms with van der Waals surface area (Å²) in [5.74, 6) is 0.480. The minimum Gasteiger partial charge on any atom is -0.251 e. The Kier molecular flexibility index (Phi) is 3.77. The number of hydrogen-bond acceptors (Lipinski definition) is 0. The van der Waals surface area contributed by atoms with Crippen molar-refractivity contribution in [2.24, 2.45) is 17.3 Å². The predicted molar refractivity (Wildman–Crippen MR) is 48.3 cm³/mol. The van der Waals surface area contributed by atoms with Crippen molar-refractivity contribution in [3.8, 4) is 0 Å². The summed E-state index contributed by atoms with van der Waals surface area (Å²) in [5.41, 5.74) is -0.0804. The Balaban J connectivity index is 4.35. The molecule has 0 aromatic heterocycles. The number of allylic oxidation sites excluding steroid dienone is 1. The van der Waals surface area contributed by atoms with E-state index in [0.29, 0.717) is 5.92 Å². The molecule has 0 aliphatic heterocycles. The van der Waals surface area contributed by atoms with Crippen LogP contribution in [0.5, 0.6) is 0 Å². The summed E-state index contributed by atoms with van der Waals surface area (Å²) < 4.78 is 12.5. The Hall–Kier alpha value is -0.330. The van der Waals surface area contributed by atoms with Crippen LogP contribution < -0.4 is 0 Å². The first-order valence-corrected chi connectivity index (χ1v) is 4.15. The van der Waals surface area contributed by atoms with Gasteiger partial charge in [0.1, 0.15) is 0 Å². The molecule has 0 radical (unpaired) electrons. The smallest absolute Gasteiger partial charge is 0.0933 e. The van der Waals surface area contributed by atoms with Crippen LogP contribution in [-0.2, 0) is 0 Å². The summed E-state index contributed by atoms with van der Waals surface area (Å²) in [7, 11) is 0. The summed E-state index contributed by atoms with van der Waals surface area (Å²) in [4.78, 5) is 0. The minimum absolute atomic E-state index is 0.0804. The Bertz CT molecular complexity index is 125. The summed E-state index contributed by atoms with van der Waals surface area (Å²) in [5, 5.41) is 0. The van der Waals surface area contributed by atoms with Crippen LogP contribution in [-0.4, -0.2) is 6.67 Å². The van der Waals surface area contributed by atoms with Gasteiger partial charge in [-0.05, 0) is 17.3 Å². The van der Waals surface area contributed by atoms with Crippen LogP contribution in [0.25, 0.3) is 0 Å². The highest BCUT2D eigenvalue weighted by molar-refractivity contribution is 4.93. The molecule has 0 N–H and O–H groups in total. The van der Waals surface area contributed by atoms with Crippen molar-refractivity contribution in [3.05, 3.63) is 12.7 Å². The molecule has 0 nitrogen and oxygen atoms in total. The van der Waals surface area contributed by atoms with Gasteiger partial charge in [0.05, 0.1) is 6.67 Å². The summed E-state index contributed by atoms with van der Waals surface area (Å²) in [6.07, 6.45) is 1.84. The van der Waals surface area contributed by atoms with Crippen molar-refractivity contribution in [1.29, 1.82) is 0 Å². The maximum absolute atomic E-state index is 12.5. The molecule has 11 heavy (non-hydrogen) atoms. The van der Waals surface area contributed by atoms with E-state index >= 15 is 0 Å². The first-order valence-electron chi connectivity index (χ1n) is 4.15. The quantitative estimate of drug-likeness (QED) is 0.550. The zero-order valence-electron chi connectivity index (χ0n) is 8.02. The van der Waals surface area contributed by atoms with Gasteiger partial charge < -0.3 is 0 Å². The molecule has 0 saturated carbocycles. The molecule has 0 saturated heterocycles. The van der Waals surface area contributed by atoms with E-state index in [9.17, 15) is 4.39 Å². The Morgan fingerprint density at radius 1 is 1.45 bits per heavy atom. The summed E-state index contributed by atoms with van der Waals surface area (Å²) in [6, 6.07) is 0. The van der Waals surface area contributed by atoms with Crippen molar-refractivity contribution in [2.45, 2.75) is 27.7 Å². The molecule has 0 aliphatic carbocycles. The van der Waals surface area contributed by atoms with Crippen molar-refractivity contribution in [3.63, 3.8) is 0 Å². The molecule has 1 atom stereocenters. The largest absolute Gasteiger partial charge is 0.251 e. The average molecular weight is 158 g/mol. The molecule has 1 unspecified atom stereocenters. The van der Waals surface area contributed by atoms with E-state index in [1.165, 1.54) is 0 Å². The third-order valence-electron chi connectivity index (χ3n) is 2.45. The van der Waals surface area contributed by atoms with Crippen LogP contribution >= 0.6 is 0 Å². The van der Waals surface area contributed by atoms with E-state index in [-0.39, 0.29) is 18.0 Å². The van der Waals surface area contributed by atoms with E-state index in [4.69, 9.17) is 0 Å². The number of hydrogen-bond donors (Lipinski definition) is 0. The zero-order chi connectivity index (χ0) is 9.07. The van der Waals surface area contributed by atoms with E-state index in [1.54, 1.807) is 0 Å². The third-order valence-corrected chi connectivity index (χ3v) is 2.45. The van der Waals surface area contributed by atoms with Gasteiger partial charge in [0, 0.05) is 0 Å². The second-order valence-electron chi connectivity index (χ2n) is 4.03. The Labute approximate surface area is 69.5 Å². The minimum atomic E-state index is -0.253.